The van der Waals surface area contributed by atoms with Gasteiger partial charge in [0.2, 0.25) is 0 Å². The third kappa shape index (κ3) is 2.76. The number of nitrogens with one attached hydrogen (secondary N) is 1. The molecule has 0 saturated heterocycles. The van der Waals surface area contributed by atoms with Crippen LogP contribution in [0.5, 0.6) is 0 Å². The predicted molar refractivity (Wildman–Crippen MR) is 67.7 cm³/mol. The van der Waals surface area contributed by atoms with Gasteiger partial charge in [-0.2, -0.15) is 5.26 Å². The van der Waals surface area contributed by atoms with Crippen molar-refractivity contribution in [3.05, 3.63) is 58.6 Å². The molecule has 1 aromatic heterocycles. The molecule has 0 bridgehead atoms. The Labute approximate surface area is 109 Å². The van der Waals surface area contributed by atoms with Crippen LogP contribution in [-0.2, 0) is 6.54 Å². The summed E-state index contributed by atoms with van der Waals surface area (Å²) in [5, 5.41) is 11.7. The van der Waals surface area contributed by atoms with E-state index >= 15 is 0 Å². The topological polar surface area (TPSA) is 48.7 Å². The van der Waals surface area contributed by atoms with Gasteiger partial charge in [0.25, 0.3) is 0 Å². The van der Waals surface area contributed by atoms with Gasteiger partial charge in [0.15, 0.2) is 5.82 Å². The quantitative estimate of drug-likeness (QED) is 0.922. The maximum absolute atomic E-state index is 13.6. The molecule has 2 rings (SSSR count). The Kier molecular flexibility index (Phi) is 3.75. The van der Waals surface area contributed by atoms with E-state index in [1.165, 1.54) is 6.07 Å². The van der Waals surface area contributed by atoms with Crippen LogP contribution in [0.15, 0.2) is 36.5 Å². The number of anilines is 1. The standard InChI is InChI=1S/C13H9ClFN3/c14-11-2-1-3-12(13(11)15)18-8-9-4-5-17-10(6-9)7-16/h1-6,18H,8H2. The number of benzene rings is 1. The average molecular weight is 262 g/mol. The number of nitrogens with zero attached hydrogens (tertiary/aromatic N) is 2. The number of hydrogen-bond donors (Lipinski definition) is 1. The molecule has 1 heterocycles. The van der Waals surface area contributed by atoms with E-state index in [1.54, 1.807) is 30.5 Å². The zero-order valence-electron chi connectivity index (χ0n) is 9.32. The first kappa shape index (κ1) is 12.3. The molecule has 18 heavy (non-hydrogen) atoms. The highest BCUT2D eigenvalue weighted by molar-refractivity contribution is 6.31. The van der Waals surface area contributed by atoms with Crippen molar-refractivity contribution >= 4 is 17.3 Å². The Morgan fingerprint density at radius 3 is 3.00 bits per heavy atom. The highest BCUT2D eigenvalue weighted by atomic mass is 35.5. The number of rotatable bonds is 3. The SMILES string of the molecule is N#Cc1cc(CNc2cccc(Cl)c2F)ccn1. The van der Waals surface area contributed by atoms with Gasteiger partial charge in [0, 0.05) is 12.7 Å². The largest absolute Gasteiger partial charge is 0.379 e. The van der Waals surface area contributed by atoms with E-state index in [9.17, 15) is 4.39 Å². The molecule has 0 aliphatic heterocycles. The fourth-order valence-electron chi connectivity index (χ4n) is 1.48. The van der Waals surface area contributed by atoms with Crippen molar-refractivity contribution in [2.24, 2.45) is 0 Å². The normalized spacial score (nSPS) is 9.83. The van der Waals surface area contributed by atoms with E-state index in [0.29, 0.717) is 17.9 Å². The van der Waals surface area contributed by atoms with Crippen molar-refractivity contribution in [1.29, 1.82) is 5.26 Å². The van der Waals surface area contributed by atoms with Crippen LogP contribution in [0.4, 0.5) is 10.1 Å². The number of nitriles is 1. The van der Waals surface area contributed by atoms with Crippen molar-refractivity contribution < 1.29 is 4.39 Å². The molecule has 0 fully saturated rings. The van der Waals surface area contributed by atoms with Crippen molar-refractivity contribution in [2.75, 3.05) is 5.32 Å². The summed E-state index contributed by atoms with van der Waals surface area (Å²) in [5.74, 6) is -0.478. The lowest BCUT2D eigenvalue weighted by atomic mass is 10.2. The fourth-order valence-corrected chi connectivity index (χ4v) is 1.66. The molecule has 0 spiro atoms. The number of hydrogen-bond acceptors (Lipinski definition) is 3. The van der Waals surface area contributed by atoms with Gasteiger partial charge in [-0.1, -0.05) is 17.7 Å². The van der Waals surface area contributed by atoms with Crippen LogP contribution < -0.4 is 5.32 Å². The molecule has 0 saturated carbocycles. The molecule has 2 aromatic rings. The molecule has 1 N–H and O–H groups in total. The van der Waals surface area contributed by atoms with Crippen LogP contribution >= 0.6 is 11.6 Å². The Balaban J connectivity index is 2.12. The van der Waals surface area contributed by atoms with Gasteiger partial charge in [-0.3, -0.25) is 0 Å². The summed E-state index contributed by atoms with van der Waals surface area (Å²) in [5.41, 5.74) is 1.51. The van der Waals surface area contributed by atoms with Gasteiger partial charge < -0.3 is 5.32 Å². The van der Waals surface area contributed by atoms with E-state index in [2.05, 4.69) is 10.3 Å². The minimum Gasteiger partial charge on any atom is -0.379 e. The molecular formula is C13H9ClFN3. The van der Waals surface area contributed by atoms with Crippen LogP contribution in [0.3, 0.4) is 0 Å². The Hall–Kier alpha value is -2.12. The minimum atomic E-state index is -0.478. The zero-order chi connectivity index (χ0) is 13.0. The minimum absolute atomic E-state index is 0.0763. The van der Waals surface area contributed by atoms with Crippen LogP contribution in [-0.4, -0.2) is 4.98 Å². The van der Waals surface area contributed by atoms with Gasteiger partial charge in [-0.05, 0) is 29.8 Å². The van der Waals surface area contributed by atoms with E-state index < -0.39 is 5.82 Å². The third-order valence-corrected chi connectivity index (χ3v) is 2.67. The molecule has 0 aliphatic carbocycles. The smallest absolute Gasteiger partial charge is 0.164 e. The Bertz CT molecular complexity index is 607. The van der Waals surface area contributed by atoms with Crippen molar-refractivity contribution in [3.8, 4) is 6.07 Å². The summed E-state index contributed by atoms with van der Waals surface area (Å²) in [7, 11) is 0. The molecule has 0 radical (unpaired) electrons. The van der Waals surface area contributed by atoms with Crippen molar-refractivity contribution in [1.82, 2.24) is 4.98 Å². The first-order valence-electron chi connectivity index (χ1n) is 5.23. The summed E-state index contributed by atoms with van der Waals surface area (Å²) >= 11 is 5.68. The Morgan fingerprint density at radius 1 is 1.39 bits per heavy atom. The van der Waals surface area contributed by atoms with Crippen LogP contribution in [0.1, 0.15) is 11.3 Å². The predicted octanol–water partition coefficient (Wildman–Crippen LogP) is 3.36. The van der Waals surface area contributed by atoms with Gasteiger partial charge in [-0.15, -0.1) is 0 Å². The summed E-state index contributed by atoms with van der Waals surface area (Å²) in [6, 6.07) is 10.1. The molecule has 3 nitrogen and oxygen atoms in total. The molecule has 0 aliphatic rings. The number of halogens is 2. The molecule has 1 aromatic carbocycles. The lowest BCUT2D eigenvalue weighted by Crippen LogP contribution is -2.02. The highest BCUT2D eigenvalue weighted by Crippen LogP contribution is 2.22. The van der Waals surface area contributed by atoms with Gasteiger partial charge >= 0.3 is 0 Å². The fraction of sp³-hybridized carbons (Fsp3) is 0.0769. The van der Waals surface area contributed by atoms with E-state index in [-0.39, 0.29) is 5.02 Å². The average Bonchev–Trinajstić information content (AvgIpc) is 2.41. The number of aromatic nitrogens is 1. The van der Waals surface area contributed by atoms with E-state index in [0.717, 1.165) is 5.56 Å². The monoisotopic (exact) mass is 261 g/mol. The van der Waals surface area contributed by atoms with Crippen molar-refractivity contribution in [3.63, 3.8) is 0 Å². The van der Waals surface area contributed by atoms with Gasteiger partial charge in [-0.25, -0.2) is 9.37 Å². The van der Waals surface area contributed by atoms with E-state index in [1.807, 2.05) is 6.07 Å². The lowest BCUT2D eigenvalue weighted by molar-refractivity contribution is 0.630. The van der Waals surface area contributed by atoms with Gasteiger partial charge in [0.1, 0.15) is 11.8 Å². The molecule has 0 amide bonds. The molecule has 0 atom stereocenters. The maximum Gasteiger partial charge on any atom is 0.164 e. The maximum atomic E-state index is 13.6. The first-order valence-corrected chi connectivity index (χ1v) is 5.61. The first-order chi connectivity index (χ1) is 8.70. The zero-order valence-corrected chi connectivity index (χ0v) is 10.1. The summed E-state index contributed by atoms with van der Waals surface area (Å²) < 4.78 is 13.6. The Morgan fingerprint density at radius 2 is 2.22 bits per heavy atom. The van der Waals surface area contributed by atoms with Crippen LogP contribution in [0.25, 0.3) is 0 Å². The van der Waals surface area contributed by atoms with Crippen molar-refractivity contribution in [2.45, 2.75) is 6.54 Å². The van der Waals surface area contributed by atoms with Gasteiger partial charge in [0.05, 0.1) is 10.7 Å². The lowest BCUT2D eigenvalue weighted by Gasteiger charge is -2.08. The second-order valence-electron chi connectivity index (χ2n) is 3.62. The summed E-state index contributed by atoms with van der Waals surface area (Å²) in [4.78, 5) is 3.86. The molecule has 0 unspecified atom stereocenters. The molecule has 90 valence electrons. The van der Waals surface area contributed by atoms with Crippen LogP contribution in [0, 0.1) is 17.1 Å². The van der Waals surface area contributed by atoms with E-state index in [4.69, 9.17) is 16.9 Å². The number of pyridine rings is 1. The highest BCUT2D eigenvalue weighted by Gasteiger charge is 2.05. The summed E-state index contributed by atoms with van der Waals surface area (Å²) in [6.45, 7) is 0.397. The molecule has 5 heteroatoms. The van der Waals surface area contributed by atoms with Crippen LogP contribution in [0.2, 0.25) is 5.02 Å². The summed E-state index contributed by atoms with van der Waals surface area (Å²) in [6.07, 6.45) is 1.55. The molecular weight excluding hydrogens is 253 g/mol. The second kappa shape index (κ2) is 5.48. The second-order valence-corrected chi connectivity index (χ2v) is 4.02. The third-order valence-electron chi connectivity index (χ3n) is 2.37.